The van der Waals surface area contributed by atoms with Crippen LogP contribution in [-0.2, 0) is 6.18 Å². The van der Waals surface area contributed by atoms with E-state index < -0.39 is 11.7 Å². The molecule has 0 aliphatic carbocycles. The van der Waals surface area contributed by atoms with Gasteiger partial charge in [0.25, 0.3) is 0 Å². The first-order chi connectivity index (χ1) is 10.9. The third-order valence-electron chi connectivity index (χ3n) is 3.52. The van der Waals surface area contributed by atoms with Crippen molar-refractivity contribution in [3.63, 3.8) is 0 Å². The Balaban J connectivity index is 1.95. The Kier molecular flexibility index (Phi) is 3.86. The van der Waals surface area contributed by atoms with Crippen molar-refractivity contribution >= 4 is 0 Å². The molecule has 23 heavy (non-hydrogen) atoms. The van der Waals surface area contributed by atoms with Gasteiger partial charge in [-0.05, 0) is 25.1 Å². The van der Waals surface area contributed by atoms with Gasteiger partial charge in [-0.2, -0.15) is 13.2 Å². The average Bonchev–Trinajstić information content (AvgIpc) is 2.55. The van der Waals surface area contributed by atoms with E-state index in [9.17, 15) is 13.2 Å². The maximum Gasteiger partial charge on any atom is 0.416 e. The molecule has 1 aromatic heterocycles. The van der Waals surface area contributed by atoms with Crippen molar-refractivity contribution in [2.24, 2.45) is 0 Å². The lowest BCUT2D eigenvalue weighted by molar-refractivity contribution is -0.137. The average molecular weight is 314 g/mol. The maximum absolute atomic E-state index is 12.6. The molecule has 0 fully saturated rings. The van der Waals surface area contributed by atoms with Gasteiger partial charge in [0.1, 0.15) is 6.33 Å². The first kappa shape index (κ1) is 15.2. The normalized spacial score (nSPS) is 11.5. The number of aryl methyl sites for hydroxylation is 1. The number of nitrogens with zero attached hydrogens (tertiary/aromatic N) is 2. The first-order valence-corrected chi connectivity index (χ1v) is 7.00. The van der Waals surface area contributed by atoms with Crippen LogP contribution >= 0.6 is 0 Å². The van der Waals surface area contributed by atoms with Crippen molar-refractivity contribution in [1.82, 2.24) is 9.97 Å². The van der Waals surface area contributed by atoms with E-state index in [4.69, 9.17) is 0 Å². The molecule has 0 bridgehead atoms. The molecule has 1 heterocycles. The molecule has 0 saturated carbocycles. The number of benzene rings is 2. The second-order valence-corrected chi connectivity index (χ2v) is 5.23. The molecular formula is C18H13F3N2. The van der Waals surface area contributed by atoms with E-state index >= 15 is 0 Å². The Bertz CT molecular complexity index is 807. The Labute approximate surface area is 131 Å². The zero-order valence-electron chi connectivity index (χ0n) is 12.3. The fourth-order valence-electron chi connectivity index (χ4n) is 2.23. The van der Waals surface area contributed by atoms with Crippen LogP contribution in [0.2, 0.25) is 0 Å². The van der Waals surface area contributed by atoms with Crippen molar-refractivity contribution < 1.29 is 13.2 Å². The van der Waals surface area contributed by atoms with Gasteiger partial charge in [-0.1, -0.05) is 42.0 Å². The van der Waals surface area contributed by atoms with Gasteiger partial charge >= 0.3 is 6.18 Å². The molecule has 116 valence electrons. The molecular weight excluding hydrogens is 301 g/mol. The SMILES string of the molecule is Cc1ccc(-c2cc(-c3ccc(C(F)(F)F)cc3)ncn2)cc1. The minimum atomic E-state index is -4.34. The Morgan fingerprint density at radius 3 is 1.70 bits per heavy atom. The van der Waals surface area contributed by atoms with Crippen LogP contribution in [-0.4, -0.2) is 9.97 Å². The summed E-state index contributed by atoms with van der Waals surface area (Å²) in [7, 11) is 0. The lowest BCUT2D eigenvalue weighted by atomic mass is 10.1. The minimum absolute atomic E-state index is 0.587. The summed E-state index contributed by atoms with van der Waals surface area (Å²) in [5.74, 6) is 0. The second-order valence-electron chi connectivity index (χ2n) is 5.23. The maximum atomic E-state index is 12.6. The predicted molar refractivity (Wildman–Crippen MR) is 82.6 cm³/mol. The van der Waals surface area contributed by atoms with E-state index in [1.807, 2.05) is 31.2 Å². The van der Waals surface area contributed by atoms with Crippen molar-refractivity contribution in [3.05, 3.63) is 72.1 Å². The third kappa shape index (κ3) is 3.39. The summed E-state index contributed by atoms with van der Waals surface area (Å²) in [6.07, 6.45) is -2.92. The largest absolute Gasteiger partial charge is 0.416 e. The molecule has 3 aromatic rings. The molecule has 0 saturated heterocycles. The van der Waals surface area contributed by atoms with Crippen LogP contribution in [0, 0.1) is 6.92 Å². The molecule has 0 amide bonds. The predicted octanol–water partition coefficient (Wildman–Crippen LogP) is 5.14. The topological polar surface area (TPSA) is 25.8 Å². The summed E-state index contributed by atoms with van der Waals surface area (Å²) in [5, 5.41) is 0. The summed E-state index contributed by atoms with van der Waals surface area (Å²) < 4.78 is 37.8. The van der Waals surface area contributed by atoms with Crippen LogP contribution in [0.5, 0.6) is 0 Å². The minimum Gasteiger partial charge on any atom is -0.236 e. The molecule has 2 aromatic carbocycles. The summed E-state index contributed by atoms with van der Waals surface area (Å²) in [6, 6.07) is 14.6. The van der Waals surface area contributed by atoms with Gasteiger partial charge in [0.2, 0.25) is 0 Å². The Hall–Kier alpha value is -2.69. The van der Waals surface area contributed by atoms with E-state index in [0.717, 1.165) is 29.0 Å². The zero-order valence-corrected chi connectivity index (χ0v) is 12.3. The summed E-state index contributed by atoms with van der Waals surface area (Å²) in [6.45, 7) is 2.00. The van der Waals surface area contributed by atoms with E-state index in [1.165, 1.54) is 18.5 Å². The van der Waals surface area contributed by atoms with Crippen LogP contribution < -0.4 is 0 Å². The fourth-order valence-corrected chi connectivity index (χ4v) is 2.23. The number of rotatable bonds is 2. The molecule has 0 atom stereocenters. The number of hydrogen-bond donors (Lipinski definition) is 0. The number of halogens is 3. The highest BCUT2D eigenvalue weighted by atomic mass is 19.4. The van der Waals surface area contributed by atoms with Gasteiger partial charge in [-0.3, -0.25) is 0 Å². The highest BCUT2D eigenvalue weighted by molar-refractivity contribution is 5.67. The van der Waals surface area contributed by atoms with Gasteiger partial charge in [0.15, 0.2) is 0 Å². The van der Waals surface area contributed by atoms with Crippen LogP contribution in [0.25, 0.3) is 22.5 Å². The molecule has 0 N–H and O–H groups in total. The third-order valence-corrected chi connectivity index (χ3v) is 3.52. The molecule has 0 radical (unpaired) electrons. The van der Waals surface area contributed by atoms with Gasteiger partial charge in [-0.15, -0.1) is 0 Å². The molecule has 0 aliphatic rings. The molecule has 0 spiro atoms. The molecule has 2 nitrogen and oxygen atoms in total. The standard InChI is InChI=1S/C18H13F3N2/c1-12-2-4-13(5-3-12)16-10-17(23-11-22-16)14-6-8-15(9-7-14)18(19,20)21/h2-11H,1H3. The van der Waals surface area contributed by atoms with Crippen LogP contribution in [0.15, 0.2) is 60.9 Å². The van der Waals surface area contributed by atoms with E-state index in [0.29, 0.717) is 11.3 Å². The van der Waals surface area contributed by atoms with Gasteiger partial charge in [-0.25, -0.2) is 9.97 Å². The van der Waals surface area contributed by atoms with Crippen LogP contribution in [0.3, 0.4) is 0 Å². The van der Waals surface area contributed by atoms with Crippen LogP contribution in [0.4, 0.5) is 13.2 Å². The second kappa shape index (κ2) is 5.83. The summed E-state index contributed by atoms with van der Waals surface area (Å²) in [4.78, 5) is 8.38. The van der Waals surface area contributed by atoms with Crippen molar-refractivity contribution in [1.29, 1.82) is 0 Å². The highest BCUT2D eigenvalue weighted by Gasteiger charge is 2.30. The summed E-state index contributed by atoms with van der Waals surface area (Å²) >= 11 is 0. The number of hydrogen-bond acceptors (Lipinski definition) is 2. The highest BCUT2D eigenvalue weighted by Crippen LogP contribution is 2.31. The Morgan fingerprint density at radius 1 is 0.739 bits per heavy atom. The van der Waals surface area contributed by atoms with Gasteiger partial charge in [0.05, 0.1) is 17.0 Å². The zero-order chi connectivity index (χ0) is 16.4. The Morgan fingerprint density at radius 2 is 1.22 bits per heavy atom. The van der Waals surface area contributed by atoms with E-state index in [2.05, 4.69) is 9.97 Å². The van der Waals surface area contributed by atoms with Crippen molar-refractivity contribution in [2.45, 2.75) is 13.1 Å². The van der Waals surface area contributed by atoms with E-state index in [-0.39, 0.29) is 0 Å². The van der Waals surface area contributed by atoms with Crippen molar-refractivity contribution in [2.75, 3.05) is 0 Å². The molecule has 5 heteroatoms. The number of alkyl halides is 3. The van der Waals surface area contributed by atoms with Crippen molar-refractivity contribution in [3.8, 4) is 22.5 Å². The number of aromatic nitrogens is 2. The van der Waals surface area contributed by atoms with E-state index in [1.54, 1.807) is 6.07 Å². The van der Waals surface area contributed by atoms with Gasteiger partial charge in [0, 0.05) is 11.1 Å². The lowest BCUT2D eigenvalue weighted by Gasteiger charge is -2.08. The monoisotopic (exact) mass is 314 g/mol. The van der Waals surface area contributed by atoms with Gasteiger partial charge < -0.3 is 0 Å². The quantitative estimate of drug-likeness (QED) is 0.654. The summed E-state index contributed by atoms with van der Waals surface area (Å²) in [5.41, 5.74) is 3.35. The van der Waals surface area contributed by atoms with Crippen LogP contribution in [0.1, 0.15) is 11.1 Å². The molecule has 0 aliphatic heterocycles. The smallest absolute Gasteiger partial charge is 0.236 e. The molecule has 3 rings (SSSR count). The lowest BCUT2D eigenvalue weighted by Crippen LogP contribution is -2.04. The first-order valence-electron chi connectivity index (χ1n) is 7.00. The molecule has 0 unspecified atom stereocenters. The fraction of sp³-hybridized carbons (Fsp3) is 0.111.